The highest BCUT2D eigenvalue weighted by molar-refractivity contribution is 5.85. The maximum Gasteiger partial charge on any atom is 0.225 e. The SMILES string of the molecule is CN(C)C(=O)[C@H]1CCC[C@@H](N)C1.Cl. The van der Waals surface area contributed by atoms with E-state index in [1.165, 1.54) is 0 Å². The molecule has 0 aromatic carbocycles. The Hall–Kier alpha value is -0.280. The molecule has 1 aliphatic carbocycles. The highest BCUT2D eigenvalue weighted by Gasteiger charge is 2.25. The number of carbonyl (C=O) groups excluding carboxylic acids is 1. The second-order valence-electron chi connectivity index (χ2n) is 3.86. The van der Waals surface area contributed by atoms with Gasteiger partial charge in [-0.3, -0.25) is 4.79 Å². The van der Waals surface area contributed by atoms with Crippen molar-refractivity contribution in [2.24, 2.45) is 11.7 Å². The molecule has 78 valence electrons. The molecule has 1 rings (SSSR count). The molecule has 3 nitrogen and oxygen atoms in total. The molecule has 0 unspecified atom stereocenters. The summed E-state index contributed by atoms with van der Waals surface area (Å²) < 4.78 is 0. The molecule has 2 N–H and O–H groups in total. The number of nitrogens with zero attached hydrogens (tertiary/aromatic N) is 1. The van der Waals surface area contributed by atoms with Gasteiger partial charge in [-0.2, -0.15) is 0 Å². The number of nitrogens with two attached hydrogens (primary N) is 1. The van der Waals surface area contributed by atoms with Crippen LogP contribution in [0.4, 0.5) is 0 Å². The summed E-state index contributed by atoms with van der Waals surface area (Å²) in [6.07, 6.45) is 4.07. The summed E-state index contributed by atoms with van der Waals surface area (Å²) in [6, 6.07) is 0.243. The van der Waals surface area contributed by atoms with Gasteiger partial charge in [-0.1, -0.05) is 6.42 Å². The van der Waals surface area contributed by atoms with Gasteiger partial charge in [0.05, 0.1) is 0 Å². The number of amides is 1. The van der Waals surface area contributed by atoms with E-state index in [1.807, 2.05) is 14.1 Å². The lowest BCUT2D eigenvalue weighted by Gasteiger charge is -2.27. The van der Waals surface area contributed by atoms with E-state index < -0.39 is 0 Å². The minimum absolute atomic E-state index is 0. The quantitative estimate of drug-likeness (QED) is 0.696. The summed E-state index contributed by atoms with van der Waals surface area (Å²) in [6.45, 7) is 0. The number of carbonyl (C=O) groups is 1. The molecule has 0 aromatic rings. The fraction of sp³-hybridized carbons (Fsp3) is 0.889. The third-order valence-corrected chi connectivity index (χ3v) is 2.50. The van der Waals surface area contributed by atoms with Crippen molar-refractivity contribution < 1.29 is 4.79 Å². The van der Waals surface area contributed by atoms with Crippen molar-refractivity contribution in [3.05, 3.63) is 0 Å². The molecule has 0 heterocycles. The lowest BCUT2D eigenvalue weighted by molar-refractivity contribution is -0.134. The highest BCUT2D eigenvalue weighted by atomic mass is 35.5. The van der Waals surface area contributed by atoms with Gasteiger partial charge in [-0.25, -0.2) is 0 Å². The Labute approximate surface area is 86.1 Å². The van der Waals surface area contributed by atoms with E-state index in [0.29, 0.717) is 0 Å². The number of halogens is 1. The Kier molecular flexibility index (Phi) is 5.33. The molecule has 0 aromatic heterocycles. The van der Waals surface area contributed by atoms with E-state index >= 15 is 0 Å². The molecule has 1 amide bonds. The average Bonchev–Trinajstić information content (AvgIpc) is 2.03. The van der Waals surface area contributed by atoms with E-state index in [0.717, 1.165) is 25.7 Å². The van der Waals surface area contributed by atoms with Crippen LogP contribution < -0.4 is 5.73 Å². The topological polar surface area (TPSA) is 46.3 Å². The smallest absolute Gasteiger partial charge is 0.225 e. The van der Waals surface area contributed by atoms with Crippen molar-refractivity contribution in [3.8, 4) is 0 Å². The van der Waals surface area contributed by atoms with Gasteiger partial charge in [0, 0.05) is 26.1 Å². The molecule has 0 bridgehead atoms. The minimum atomic E-state index is 0. The van der Waals surface area contributed by atoms with E-state index in [-0.39, 0.29) is 30.3 Å². The Morgan fingerprint density at radius 2 is 2.00 bits per heavy atom. The second-order valence-corrected chi connectivity index (χ2v) is 3.86. The first-order chi connectivity index (χ1) is 5.61. The largest absolute Gasteiger partial charge is 0.349 e. The fourth-order valence-corrected chi connectivity index (χ4v) is 1.82. The van der Waals surface area contributed by atoms with E-state index in [4.69, 9.17) is 5.73 Å². The molecular formula is C9H19ClN2O. The molecule has 0 spiro atoms. The third-order valence-electron chi connectivity index (χ3n) is 2.50. The zero-order valence-electron chi connectivity index (χ0n) is 8.32. The summed E-state index contributed by atoms with van der Waals surface area (Å²) in [7, 11) is 3.62. The Bertz CT molecular complexity index is 173. The first kappa shape index (κ1) is 12.7. The summed E-state index contributed by atoms with van der Waals surface area (Å²) in [5, 5.41) is 0. The maximum atomic E-state index is 11.5. The second kappa shape index (κ2) is 5.45. The van der Waals surface area contributed by atoms with Gasteiger partial charge in [-0.05, 0) is 19.3 Å². The van der Waals surface area contributed by atoms with Gasteiger partial charge in [0.15, 0.2) is 0 Å². The van der Waals surface area contributed by atoms with Crippen LogP contribution in [0.15, 0.2) is 0 Å². The van der Waals surface area contributed by atoms with Crippen molar-refractivity contribution in [1.82, 2.24) is 4.90 Å². The molecule has 0 aliphatic heterocycles. The van der Waals surface area contributed by atoms with Crippen LogP contribution in [0.2, 0.25) is 0 Å². The predicted octanol–water partition coefficient (Wildman–Crippen LogP) is 1.01. The van der Waals surface area contributed by atoms with Gasteiger partial charge in [0.1, 0.15) is 0 Å². The molecular weight excluding hydrogens is 188 g/mol. The van der Waals surface area contributed by atoms with E-state index in [1.54, 1.807) is 4.90 Å². The van der Waals surface area contributed by atoms with E-state index in [9.17, 15) is 4.79 Å². The normalized spacial score (nSPS) is 27.6. The van der Waals surface area contributed by atoms with Crippen LogP contribution in [0.5, 0.6) is 0 Å². The standard InChI is InChI=1S/C9H18N2O.ClH/c1-11(2)9(12)7-4-3-5-8(10)6-7;/h7-8H,3-6,10H2,1-2H3;1H/t7-,8+;/m0./s1. The van der Waals surface area contributed by atoms with Gasteiger partial charge < -0.3 is 10.6 Å². The maximum absolute atomic E-state index is 11.5. The fourth-order valence-electron chi connectivity index (χ4n) is 1.82. The van der Waals surface area contributed by atoms with Crippen molar-refractivity contribution >= 4 is 18.3 Å². The average molecular weight is 207 g/mol. The molecule has 1 aliphatic rings. The molecule has 1 fully saturated rings. The van der Waals surface area contributed by atoms with Crippen LogP contribution in [0.25, 0.3) is 0 Å². The summed E-state index contributed by atoms with van der Waals surface area (Å²) in [5.74, 6) is 0.425. The molecule has 2 atom stereocenters. The van der Waals surface area contributed by atoms with Crippen molar-refractivity contribution in [1.29, 1.82) is 0 Å². The molecule has 1 saturated carbocycles. The summed E-state index contributed by atoms with van der Waals surface area (Å²) in [4.78, 5) is 13.2. The number of hydrogen-bond acceptors (Lipinski definition) is 2. The summed E-state index contributed by atoms with van der Waals surface area (Å²) >= 11 is 0. The molecule has 13 heavy (non-hydrogen) atoms. The minimum Gasteiger partial charge on any atom is -0.349 e. The lowest BCUT2D eigenvalue weighted by Crippen LogP contribution is -2.37. The molecule has 0 saturated heterocycles. The van der Waals surface area contributed by atoms with Crippen molar-refractivity contribution in [3.63, 3.8) is 0 Å². The molecule has 0 radical (unpaired) electrons. The lowest BCUT2D eigenvalue weighted by atomic mass is 9.85. The zero-order chi connectivity index (χ0) is 9.14. The number of hydrogen-bond donors (Lipinski definition) is 1. The predicted molar refractivity (Wildman–Crippen MR) is 55.9 cm³/mol. The van der Waals surface area contributed by atoms with Gasteiger partial charge >= 0.3 is 0 Å². The van der Waals surface area contributed by atoms with Crippen molar-refractivity contribution in [2.75, 3.05) is 14.1 Å². The first-order valence-electron chi connectivity index (χ1n) is 4.58. The highest BCUT2D eigenvalue weighted by Crippen LogP contribution is 2.24. The zero-order valence-corrected chi connectivity index (χ0v) is 9.14. The van der Waals surface area contributed by atoms with Gasteiger partial charge in [0.2, 0.25) is 5.91 Å². The Balaban J connectivity index is 0.00000144. The Morgan fingerprint density at radius 1 is 1.38 bits per heavy atom. The van der Waals surface area contributed by atoms with Crippen LogP contribution in [0, 0.1) is 5.92 Å². The molecule has 4 heteroatoms. The first-order valence-corrected chi connectivity index (χ1v) is 4.58. The van der Waals surface area contributed by atoms with E-state index in [2.05, 4.69) is 0 Å². The van der Waals surface area contributed by atoms with Crippen LogP contribution >= 0.6 is 12.4 Å². The van der Waals surface area contributed by atoms with Crippen LogP contribution in [-0.2, 0) is 4.79 Å². The number of rotatable bonds is 1. The monoisotopic (exact) mass is 206 g/mol. The van der Waals surface area contributed by atoms with Crippen molar-refractivity contribution in [2.45, 2.75) is 31.7 Å². The van der Waals surface area contributed by atoms with Gasteiger partial charge in [0.25, 0.3) is 0 Å². The van der Waals surface area contributed by atoms with Crippen LogP contribution in [-0.4, -0.2) is 30.9 Å². The summed E-state index contributed by atoms with van der Waals surface area (Å²) in [5.41, 5.74) is 5.79. The Morgan fingerprint density at radius 3 is 2.46 bits per heavy atom. The van der Waals surface area contributed by atoms with Crippen LogP contribution in [0.3, 0.4) is 0 Å². The van der Waals surface area contributed by atoms with Crippen LogP contribution in [0.1, 0.15) is 25.7 Å². The third kappa shape index (κ3) is 3.53. The van der Waals surface area contributed by atoms with Gasteiger partial charge in [-0.15, -0.1) is 12.4 Å².